The molecule has 0 bridgehead atoms. The van der Waals surface area contributed by atoms with E-state index in [1.165, 1.54) is 11.1 Å². The van der Waals surface area contributed by atoms with Crippen molar-refractivity contribution in [2.75, 3.05) is 0 Å². The molecule has 3 heterocycles. The third-order valence-corrected chi connectivity index (χ3v) is 10.1. The molecule has 0 unspecified atom stereocenters. The number of aromatic nitrogens is 4. The van der Waals surface area contributed by atoms with E-state index in [1.807, 2.05) is 84.9 Å². The molecule has 0 aliphatic heterocycles. The first kappa shape index (κ1) is 30.2. The summed E-state index contributed by atoms with van der Waals surface area (Å²) in [5, 5.41) is 6.30. The van der Waals surface area contributed by atoms with Gasteiger partial charge in [-0.3, -0.25) is 0 Å². The standard InChI is InChI=1S/C48H28N4O2/c1-4-10-29(11-5-1)32-16-17-34-27-36(19-18-33(34)26-32)46-50-45(30-12-6-2-7-13-30)51-47(52-46)37-20-22-38-35(28-37)21-23-39-42(38)43-40(53-39)24-25-41-44(43)49-48(54-41)31-14-8-3-9-15-31/h1-28H. The molecular weight excluding hydrogens is 665 g/mol. The van der Waals surface area contributed by atoms with Crippen LogP contribution in [0.3, 0.4) is 0 Å². The Hall–Kier alpha value is -7.44. The summed E-state index contributed by atoms with van der Waals surface area (Å²) in [5.74, 6) is 2.42. The van der Waals surface area contributed by atoms with E-state index in [1.54, 1.807) is 0 Å². The van der Waals surface area contributed by atoms with Gasteiger partial charge in [-0.05, 0) is 81.2 Å². The summed E-state index contributed by atoms with van der Waals surface area (Å²) in [6, 6.07) is 57.8. The lowest BCUT2D eigenvalue weighted by Gasteiger charge is -2.10. The number of hydrogen-bond acceptors (Lipinski definition) is 6. The first-order chi connectivity index (χ1) is 26.7. The molecule has 11 rings (SSSR count). The van der Waals surface area contributed by atoms with Crippen molar-refractivity contribution in [3.63, 3.8) is 0 Å². The Bertz CT molecular complexity index is 3210. The maximum Gasteiger partial charge on any atom is 0.227 e. The molecule has 11 aromatic rings. The normalized spacial score (nSPS) is 11.7. The quantitative estimate of drug-likeness (QED) is 0.179. The van der Waals surface area contributed by atoms with Crippen molar-refractivity contribution in [2.45, 2.75) is 0 Å². The van der Waals surface area contributed by atoms with Crippen LogP contribution in [0.25, 0.3) is 111 Å². The molecular formula is C48H28N4O2. The summed E-state index contributed by atoms with van der Waals surface area (Å²) >= 11 is 0. The molecule has 0 atom stereocenters. The van der Waals surface area contributed by atoms with E-state index >= 15 is 0 Å². The van der Waals surface area contributed by atoms with E-state index in [4.69, 9.17) is 28.8 Å². The molecule has 0 amide bonds. The van der Waals surface area contributed by atoms with Crippen LogP contribution in [0.2, 0.25) is 0 Å². The van der Waals surface area contributed by atoms with Gasteiger partial charge in [-0.15, -0.1) is 0 Å². The molecule has 6 nitrogen and oxygen atoms in total. The van der Waals surface area contributed by atoms with Crippen LogP contribution in [0.1, 0.15) is 0 Å². The van der Waals surface area contributed by atoms with E-state index in [0.29, 0.717) is 28.9 Å². The lowest BCUT2D eigenvalue weighted by Crippen LogP contribution is -2.00. The zero-order valence-corrected chi connectivity index (χ0v) is 28.8. The van der Waals surface area contributed by atoms with E-state index in [0.717, 1.165) is 71.3 Å². The second kappa shape index (κ2) is 12.1. The van der Waals surface area contributed by atoms with Crippen molar-refractivity contribution in [3.05, 3.63) is 170 Å². The molecule has 54 heavy (non-hydrogen) atoms. The zero-order valence-electron chi connectivity index (χ0n) is 28.8. The van der Waals surface area contributed by atoms with E-state index in [-0.39, 0.29) is 0 Å². The van der Waals surface area contributed by atoms with E-state index in [2.05, 4.69) is 84.9 Å². The van der Waals surface area contributed by atoms with Gasteiger partial charge in [-0.25, -0.2) is 19.9 Å². The highest BCUT2D eigenvalue weighted by atomic mass is 16.4. The third-order valence-electron chi connectivity index (χ3n) is 10.1. The average Bonchev–Trinajstić information content (AvgIpc) is 3.86. The molecule has 6 heteroatoms. The summed E-state index contributed by atoms with van der Waals surface area (Å²) in [6.07, 6.45) is 0. The molecule has 8 aromatic carbocycles. The molecule has 0 saturated carbocycles. The van der Waals surface area contributed by atoms with Crippen LogP contribution in [-0.4, -0.2) is 19.9 Å². The van der Waals surface area contributed by atoms with Crippen molar-refractivity contribution < 1.29 is 8.83 Å². The molecule has 0 radical (unpaired) electrons. The number of benzene rings is 8. The molecule has 0 spiro atoms. The number of hydrogen-bond donors (Lipinski definition) is 0. The number of nitrogens with zero attached hydrogens (tertiary/aromatic N) is 4. The number of fused-ring (bicyclic) bond motifs is 8. The molecule has 0 saturated heterocycles. The fraction of sp³-hybridized carbons (Fsp3) is 0. The highest BCUT2D eigenvalue weighted by Crippen LogP contribution is 2.40. The van der Waals surface area contributed by atoms with Crippen LogP contribution in [0.15, 0.2) is 179 Å². The smallest absolute Gasteiger partial charge is 0.227 e. The average molecular weight is 693 g/mol. The highest BCUT2D eigenvalue weighted by Gasteiger charge is 2.19. The minimum absolute atomic E-state index is 0.582. The Morgan fingerprint density at radius 1 is 0.315 bits per heavy atom. The van der Waals surface area contributed by atoms with Gasteiger partial charge in [0.25, 0.3) is 0 Å². The Morgan fingerprint density at radius 3 is 1.52 bits per heavy atom. The van der Waals surface area contributed by atoms with Gasteiger partial charge < -0.3 is 8.83 Å². The Balaban J connectivity index is 1.05. The summed E-state index contributed by atoms with van der Waals surface area (Å²) < 4.78 is 12.6. The second-order valence-corrected chi connectivity index (χ2v) is 13.5. The Labute approximate surface area is 309 Å². The first-order valence-electron chi connectivity index (χ1n) is 17.9. The molecule has 0 aliphatic carbocycles. The molecule has 252 valence electrons. The van der Waals surface area contributed by atoms with Gasteiger partial charge >= 0.3 is 0 Å². The lowest BCUT2D eigenvalue weighted by atomic mass is 9.99. The molecule has 0 N–H and O–H groups in total. The first-order valence-corrected chi connectivity index (χ1v) is 17.9. The Kier molecular flexibility index (Phi) is 6.75. The topological polar surface area (TPSA) is 77.8 Å². The van der Waals surface area contributed by atoms with Gasteiger partial charge in [0.1, 0.15) is 16.7 Å². The van der Waals surface area contributed by atoms with Gasteiger partial charge in [0, 0.05) is 27.6 Å². The van der Waals surface area contributed by atoms with Crippen LogP contribution in [-0.2, 0) is 0 Å². The third kappa shape index (κ3) is 5.04. The van der Waals surface area contributed by atoms with Crippen molar-refractivity contribution in [2.24, 2.45) is 0 Å². The van der Waals surface area contributed by atoms with Crippen LogP contribution in [0, 0.1) is 0 Å². The van der Waals surface area contributed by atoms with Crippen molar-refractivity contribution in [3.8, 4) is 56.7 Å². The van der Waals surface area contributed by atoms with Gasteiger partial charge in [0.15, 0.2) is 23.1 Å². The predicted octanol–water partition coefficient (Wildman–Crippen LogP) is 12.6. The van der Waals surface area contributed by atoms with Crippen LogP contribution in [0.4, 0.5) is 0 Å². The zero-order chi connectivity index (χ0) is 35.6. The second-order valence-electron chi connectivity index (χ2n) is 13.5. The SMILES string of the molecule is c1ccc(-c2ccc3cc(-c4nc(-c5ccccc5)nc(-c5ccc6c(ccc7oc8ccc9oc(-c%10ccccc%10)nc9c8c76)c5)n4)ccc3c2)cc1. The Morgan fingerprint density at radius 2 is 0.815 bits per heavy atom. The molecule has 3 aromatic heterocycles. The van der Waals surface area contributed by atoms with Gasteiger partial charge in [0.2, 0.25) is 5.89 Å². The van der Waals surface area contributed by atoms with Gasteiger partial charge in [-0.1, -0.05) is 121 Å². The number of furan rings is 1. The molecule has 0 aliphatic rings. The monoisotopic (exact) mass is 692 g/mol. The van der Waals surface area contributed by atoms with Crippen LogP contribution >= 0.6 is 0 Å². The highest BCUT2D eigenvalue weighted by molar-refractivity contribution is 6.25. The summed E-state index contributed by atoms with van der Waals surface area (Å²) in [4.78, 5) is 20.1. The van der Waals surface area contributed by atoms with E-state index in [9.17, 15) is 0 Å². The largest absolute Gasteiger partial charge is 0.456 e. The van der Waals surface area contributed by atoms with Crippen molar-refractivity contribution in [1.29, 1.82) is 0 Å². The predicted molar refractivity (Wildman–Crippen MR) is 217 cm³/mol. The number of rotatable bonds is 5. The van der Waals surface area contributed by atoms with Crippen molar-refractivity contribution >= 4 is 54.6 Å². The van der Waals surface area contributed by atoms with Gasteiger partial charge in [0.05, 0.1) is 5.39 Å². The lowest BCUT2D eigenvalue weighted by molar-refractivity contribution is 0.619. The summed E-state index contributed by atoms with van der Waals surface area (Å²) in [7, 11) is 0. The minimum Gasteiger partial charge on any atom is -0.456 e. The summed E-state index contributed by atoms with van der Waals surface area (Å²) in [5.41, 5.74) is 9.11. The van der Waals surface area contributed by atoms with Gasteiger partial charge in [-0.2, -0.15) is 0 Å². The fourth-order valence-corrected chi connectivity index (χ4v) is 7.46. The van der Waals surface area contributed by atoms with Crippen LogP contribution in [0.5, 0.6) is 0 Å². The summed E-state index contributed by atoms with van der Waals surface area (Å²) in [6.45, 7) is 0. The number of oxazole rings is 1. The minimum atomic E-state index is 0.582. The maximum absolute atomic E-state index is 6.37. The fourth-order valence-electron chi connectivity index (χ4n) is 7.46. The maximum atomic E-state index is 6.37. The van der Waals surface area contributed by atoms with Crippen LogP contribution < -0.4 is 0 Å². The molecule has 0 fully saturated rings. The van der Waals surface area contributed by atoms with Crippen molar-refractivity contribution in [1.82, 2.24) is 19.9 Å². The van der Waals surface area contributed by atoms with E-state index < -0.39 is 0 Å².